The zero-order valence-corrected chi connectivity index (χ0v) is 18.7. The van der Waals surface area contributed by atoms with E-state index < -0.39 is 10.0 Å². The van der Waals surface area contributed by atoms with Crippen LogP contribution in [0.3, 0.4) is 0 Å². The molecular formula is C21H25BrN2O3S. The smallest absolute Gasteiger partial charge is 0.252 e. The Morgan fingerprint density at radius 3 is 2.46 bits per heavy atom. The van der Waals surface area contributed by atoms with Crippen molar-refractivity contribution in [1.82, 2.24) is 9.62 Å². The van der Waals surface area contributed by atoms with Gasteiger partial charge in [-0.25, -0.2) is 8.42 Å². The Morgan fingerprint density at radius 1 is 1.11 bits per heavy atom. The number of hydrogen-bond acceptors (Lipinski definition) is 3. The monoisotopic (exact) mass is 464 g/mol. The van der Waals surface area contributed by atoms with E-state index in [2.05, 4.69) is 27.3 Å². The average molecular weight is 465 g/mol. The summed E-state index contributed by atoms with van der Waals surface area (Å²) in [6.45, 7) is 7.02. The second kappa shape index (κ2) is 8.35. The topological polar surface area (TPSA) is 66.5 Å². The van der Waals surface area contributed by atoms with E-state index in [1.165, 1.54) is 10.4 Å². The molecule has 0 radical (unpaired) electrons. The summed E-state index contributed by atoms with van der Waals surface area (Å²) in [6, 6.07) is 10.6. The Morgan fingerprint density at radius 2 is 1.79 bits per heavy atom. The van der Waals surface area contributed by atoms with Crippen molar-refractivity contribution in [3.63, 3.8) is 0 Å². The van der Waals surface area contributed by atoms with Crippen LogP contribution < -0.4 is 5.32 Å². The van der Waals surface area contributed by atoms with Crippen LogP contribution in [0.2, 0.25) is 0 Å². The Labute approximate surface area is 175 Å². The van der Waals surface area contributed by atoms with Crippen molar-refractivity contribution in [3.05, 3.63) is 63.1 Å². The number of hydrogen-bond donors (Lipinski definition) is 1. The van der Waals surface area contributed by atoms with Gasteiger partial charge in [-0.3, -0.25) is 4.79 Å². The first-order valence-corrected chi connectivity index (χ1v) is 11.6. The quantitative estimate of drug-likeness (QED) is 0.715. The maximum Gasteiger partial charge on any atom is 0.252 e. The molecule has 0 aliphatic carbocycles. The van der Waals surface area contributed by atoms with E-state index in [1.54, 1.807) is 12.1 Å². The van der Waals surface area contributed by atoms with Gasteiger partial charge in [0.15, 0.2) is 0 Å². The molecule has 0 saturated carbocycles. The molecule has 2 aromatic rings. The molecule has 28 heavy (non-hydrogen) atoms. The highest BCUT2D eigenvalue weighted by Gasteiger charge is 2.28. The van der Waals surface area contributed by atoms with E-state index in [0.29, 0.717) is 23.1 Å². The van der Waals surface area contributed by atoms with Crippen LogP contribution in [0, 0.1) is 13.8 Å². The first-order valence-electron chi connectivity index (χ1n) is 9.38. The molecule has 0 aromatic heterocycles. The van der Waals surface area contributed by atoms with Crippen LogP contribution in [0.25, 0.3) is 0 Å². The third-order valence-electron chi connectivity index (χ3n) is 5.13. The Kier molecular flexibility index (Phi) is 6.27. The first-order chi connectivity index (χ1) is 13.2. The minimum atomic E-state index is -3.57. The van der Waals surface area contributed by atoms with E-state index in [4.69, 9.17) is 0 Å². The van der Waals surface area contributed by atoms with Crippen molar-refractivity contribution < 1.29 is 13.2 Å². The van der Waals surface area contributed by atoms with E-state index in [0.717, 1.165) is 29.5 Å². The lowest BCUT2D eigenvalue weighted by Crippen LogP contribution is -2.29. The fourth-order valence-electron chi connectivity index (χ4n) is 3.49. The SMILES string of the molecule is Cc1ccc(C)c(C(C)NC(=O)c2cc(S(=O)(=O)N3CCCC3)ccc2Br)c1. The van der Waals surface area contributed by atoms with Crippen molar-refractivity contribution in [1.29, 1.82) is 0 Å². The molecule has 1 fully saturated rings. The molecule has 0 spiro atoms. The molecule has 1 aliphatic rings. The number of benzene rings is 2. The maximum atomic E-state index is 12.9. The minimum Gasteiger partial charge on any atom is -0.345 e. The third kappa shape index (κ3) is 4.31. The van der Waals surface area contributed by atoms with Crippen LogP contribution in [0.1, 0.15) is 52.9 Å². The molecule has 1 unspecified atom stereocenters. The van der Waals surface area contributed by atoms with Gasteiger partial charge in [-0.2, -0.15) is 4.31 Å². The summed E-state index contributed by atoms with van der Waals surface area (Å²) in [5, 5.41) is 2.99. The van der Waals surface area contributed by atoms with Gasteiger partial charge in [0.25, 0.3) is 5.91 Å². The van der Waals surface area contributed by atoms with E-state index in [-0.39, 0.29) is 16.8 Å². The number of amides is 1. The normalized spacial score (nSPS) is 16.1. The molecule has 1 amide bonds. The maximum absolute atomic E-state index is 12.9. The predicted octanol–water partition coefficient (Wildman–Crippen LogP) is 4.34. The zero-order valence-electron chi connectivity index (χ0n) is 16.3. The Hall–Kier alpha value is -1.70. The van der Waals surface area contributed by atoms with Gasteiger partial charge < -0.3 is 5.32 Å². The summed E-state index contributed by atoms with van der Waals surface area (Å²) >= 11 is 3.38. The summed E-state index contributed by atoms with van der Waals surface area (Å²) in [5.41, 5.74) is 3.59. The molecule has 2 aromatic carbocycles. The van der Waals surface area contributed by atoms with Crippen LogP contribution in [0.15, 0.2) is 45.8 Å². The van der Waals surface area contributed by atoms with Gasteiger partial charge in [0.2, 0.25) is 10.0 Å². The number of aryl methyl sites for hydroxylation is 2. The average Bonchev–Trinajstić information content (AvgIpc) is 3.19. The molecule has 1 aliphatic heterocycles. The fourth-order valence-corrected chi connectivity index (χ4v) is 5.47. The fraction of sp³-hybridized carbons (Fsp3) is 0.381. The first kappa shape index (κ1) is 21.0. The number of carbonyl (C=O) groups excluding carboxylic acids is 1. The van der Waals surface area contributed by atoms with E-state index in [1.807, 2.05) is 32.9 Å². The van der Waals surface area contributed by atoms with Gasteiger partial charge in [0.1, 0.15) is 0 Å². The number of carbonyl (C=O) groups is 1. The van der Waals surface area contributed by atoms with Gasteiger partial charge in [-0.15, -0.1) is 0 Å². The number of nitrogens with one attached hydrogen (secondary N) is 1. The van der Waals surface area contributed by atoms with Gasteiger partial charge in [-0.1, -0.05) is 23.8 Å². The van der Waals surface area contributed by atoms with Crippen LogP contribution in [0.5, 0.6) is 0 Å². The summed E-state index contributed by atoms with van der Waals surface area (Å²) < 4.78 is 27.7. The van der Waals surface area contributed by atoms with Crippen molar-refractivity contribution in [2.24, 2.45) is 0 Å². The molecule has 3 rings (SSSR count). The van der Waals surface area contributed by atoms with Gasteiger partial charge in [-0.05, 0) is 78.9 Å². The molecule has 150 valence electrons. The number of halogens is 1. The van der Waals surface area contributed by atoms with E-state index >= 15 is 0 Å². The van der Waals surface area contributed by atoms with Crippen molar-refractivity contribution in [2.45, 2.75) is 44.6 Å². The lowest BCUT2D eigenvalue weighted by molar-refractivity contribution is 0.0939. The molecular weight excluding hydrogens is 440 g/mol. The molecule has 0 bridgehead atoms. The summed E-state index contributed by atoms with van der Waals surface area (Å²) in [4.78, 5) is 13.1. The van der Waals surface area contributed by atoms with E-state index in [9.17, 15) is 13.2 Å². The largest absolute Gasteiger partial charge is 0.345 e. The molecule has 1 N–H and O–H groups in total. The third-order valence-corrected chi connectivity index (χ3v) is 7.72. The summed E-state index contributed by atoms with van der Waals surface area (Å²) in [7, 11) is -3.57. The van der Waals surface area contributed by atoms with Crippen molar-refractivity contribution >= 4 is 31.9 Å². The van der Waals surface area contributed by atoms with Gasteiger partial charge >= 0.3 is 0 Å². The summed E-state index contributed by atoms with van der Waals surface area (Å²) in [5.74, 6) is -0.307. The van der Waals surface area contributed by atoms with Gasteiger partial charge in [0.05, 0.1) is 16.5 Å². The molecule has 1 atom stereocenters. The highest BCUT2D eigenvalue weighted by molar-refractivity contribution is 9.10. The lowest BCUT2D eigenvalue weighted by atomic mass is 10.00. The highest BCUT2D eigenvalue weighted by Crippen LogP contribution is 2.26. The molecule has 5 nitrogen and oxygen atoms in total. The standard InChI is InChI=1S/C21H25BrN2O3S/c1-14-6-7-15(2)18(12-14)16(3)23-21(25)19-13-17(8-9-20(19)22)28(26,27)24-10-4-5-11-24/h6-9,12-13,16H,4-5,10-11H2,1-3H3,(H,23,25). The molecule has 1 saturated heterocycles. The van der Waals surface area contributed by atoms with Gasteiger partial charge in [0, 0.05) is 17.6 Å². The summed E-state index contributed by atoms with van der Waals surface area (Å²) in [6.07, 6.45) is 1.74. The minimum absolute atomic E-state index is 0.155. The second-order valence-electron chi connectivity index (χ2n) is 7.31. The molecule has 7 heteroatoms. The Balaban J connectivity index is 1.86. The van der Waals surface area contributed by atoms with Crippen molar-refractivity contribution in [3.8, 4) is 0 Å². The van der Waals surface area contributed by atoms with Crippen LogP contribution in [-0.4, -0.2) is 31.7 Å². The van der Waals surface area contributed by atoms with Crippen LogP contribution >= 0.6 is 15.9 Å². The zero-order chi connectivity index (χ0) is 20.5. The number of nitrogens with zero attached hydrogens (tertiary/aromatic N) is 1. The molecule has 1 heterocycles. The van der Waals surface area contributed by atoms with Crippen LogP contribution in [0.4, 0.5) is 0 Å². The second-order valence-corrected chi connectivity index (χ2v) is 10.1. The van der Waals surface area contributed by atoms with Crippen LogP contribution in [-0.2, 0) is 10.0 Å². The number of sulfonamides is 1. The highest BCUT2D eigenvalue weighted by atomic mass is 79.9. The Bertz CT molecular complexity index is 999. The predicted molar refractivity (Wildman–Crippen MR) is 114 cm³/mol. The lowest BCUT2D eigenvalue weighted by Gasteiger charge is -2.19. The number of rotatable bonds is 5. The van der Waals surface area contributed by atoms with Crippen molar-refractivity contribution in [2.75, 3.05) is 13.1 Å².